The summed E-state index contributed by atoms with van der Waals surface area (Å²) >= 11 is 3.42. The number of ether oxygens (including phenoxy) is 2. The standard InChI is InChI=1S/C26H21BrN4O5/c1-14-3-5-18(9-15(14)2)28-24(32)21-11-16-10-17(27)4-7-20(16)31(21)30-26(34)25(33)29-19-6-8-22-23(12-19)36-13-35-22/h3-12H,13H2,1-2H3,(H,28,32)(H,29,33)(H,30,34). The quantitative estimate of drug-likeness (QED) is 0.320. The number of hydrogen-bond acceptors (Lipinski definition) is 5. The molecule has 5 rings (SSSR count). The summed E-state index contributed by atoms with van der Waals surface area (Å²) in [5.74, 6) is -1.27. The molecule has 2 heterocycles. The monoisotopic (exact) mass is 548 g/mol. The van der Waals surface area contributed by atoms with E-state index < -0.39 is 17.7 Å². The number of benzene rings is 3. The summed E-state index contributed by atoms with van der Waals surface area (Å²) in [6, 6.07) is 17.4. The molecule has 0 radical (unpaired) electrons. The number of amides is 3. The molecule has 3 aromatic carbocycles. The summed E-state index contributed by atoms with van der Waals surface area (Å²) in [5, 5.41) is 6.09. The first kappa shape index (κ1) is 23.4. The van der Waals surface area contributed by atoms with Crippen LogP contribution in [0.2, 0.25) is 0 Å². The lowest BCUT2D eigenvalue weighted by Gasteiger charge is -2.13. The maximum Gasteiger partial charge on any atom is 0.328 e. The van der Waals surface area contributed by atoms with Gasteiger partial charge in [-0.15, -0.1) is 0 Å². The summed E-state index contributed by atoms with van der Waals surface area (Å²) in [5.41, 5.74) is 6.38. The van der Waals surface area contributed by atoms with Crippen LogP contribution >= 0.6 is 15.9 Å². The van der Waals surface area contributed by atoms with E-state index in [1.54, 1.807) is 42.5 Å². The molecule has 1 aromatic heterocycles. The van der Waals surface area contributed by atoms with Crippen LogP contribution in [0.1, 0.15) is 21.6 Å². The van der Waals surface area contributed by atoms with Gasteiger partial charge in [0.05, 0.1) is 5.52 Å². The second-order valence-electron chi connectivity index (χ2n) is 8.28. The number of nitrogens with zero attached hydrogens (tertiary/aromatic N) is 1. The number of carbonyl (C=O) groups excluding carboxylic acids is 3. The fourth-order valence-electron chi connectivity index (χ4n) is 3.80. The summed E-state index contributed by atoms with van der Waals surface area (Å²) < 4.78 is 12.7. The predicted molar refractivity (Wildman–Crippen MR) is 139 cm³/mol. The van der Waals surface area contributed by atoms with Crippen molar-refractivity contribution in [3.63, 3.8) is 0 Å². The number of rotatable bonds is 4. The third-order valence-corrected chi connectivity index (χ3v) is 6.30. The lowest BCUT2D eigenvalue weighted by Crippen LogP contribution is -2.36. The Hall–Kier alpha value is -4.31. The molecule has 0 aliphatic carbocycles. The number of fused-ring (bicyclic) bond motifs is 2. The molecule has 3 amide bonds. The molecular formula is C26H21BrN4O5. The minimum Gasteiger partial charge on any atom is -0.454 e. The van der Waals surface area contributed by atoms with Gasteiger partial charge in [-0.05, 0) is 73.5 Å². The van der Waals surface area contributed by atoms with E-state index in [1.165, 1.54) is 4.68 Å². The average Bonchev–Trinajstić information content (AvgIpc) is 3.45. The van der Waals surface area contributed by atoms with E-state index in [2.05, 4.69) is 32.0 Å². The molecule has 0 bridgehead atoms. The van der Waals surface area contributed by atoms with Crippen molar-refractivity contribution in [2.24, 2.45) is 0 Å². The molecule has 0 spiro atoms. The van der Waals surface area contributed by atoms with Crippen molar-refractivity contribution >= 4 is 55.9 Å². The molecule has 0 fully saturated rings. The summed E-state index contributed by atoms with van der Waals surface area (Å²) in [7, 11) is 0. The second-order valence-corrected chi connectivity index (χ2v) is 9.20. The Morgan fingerprint density at radius 1 is 0.806 bits per heavy atom. The van der Waals surface area contributed by atoms with Crippen LogP contribution in [0.4, 0.5) is 11.4 Å². The molecule has 36 heavy (non-hydrogen) atoms. The molecule has 10 heteroatoms. The Kier molecular flexibility index (Phi) is 6.11. The molecule has 1 aliphatic rings. The van der Waals surface area contributed by atoms with Crippen LogP contribution in [0.15, 0.2) is 65.1 Å². The zero-order chi connectivity index (χ0) is 25.4. The number of aromatic nitrogens is 1. The number of halogens is 1. The van der Waals surface area contributed by atoms with E-state index in [1.807, 2.05) is 32.0 Å². The number of nitrogens with one attached hydrogen (secondary N) is 3. The fourth-order valence-corrected chi connectivity index (χ4v) is 4.18. The van der Waals surface area contributed by atoms with Crippen LogP contribution in [-0.2, 0) is 9.59 Å². The van der Waals surface area contributed by atoms with Crippen molar-refractivity contribution in [3.05, 3.63) is 82.0 Å². The maximum absolute atomic E-state index is 13.2. The first-order valence-electron chi connectivity index (χ1n) is 11.0. The van der Waals surface area contributed by atoms with Crippen molar-refractivity contribution < 1.29 is 23.9 Å². The van der Waals surface area contributed by atoms with Crippen LogP contribution in [0, 0.1) is 13.8 Å². The molecule has 0 unspecified atom stereocenters. The van der Waals surface area contributed by atoms with Crippen molar-refractivity contribution in [2.45, 2.75) is 13.8 Å². The van der Waals surface area contributed by atoms with Crippen molar-refractivity contribution in [1.82, 2.24) is 4.68 Å². The number of aryl methyl sites for hydroxylation is 2. The summed E-state index contributed by atoms with van der Waals surface area (Å²) in [6.45, 7) is 4.04. The number of hydrogen-bond donors (Lipinski definition) is 3. The van der Waals surface area contributed by atoms with Gasteiger partial charge < -0.3 is 20.1 Å². The van der Waals surface area contributed by atoms with E-state index in [0.717, 1.165) is 15.6 Å². The Balaban J connectivity index is 1.40. The normalized spacial score (nSPS) is 11.9. The predicted octanol–water partition coefficient (Wildman–Crippen LogP) is 4.71. The Labute approximate surface area is 214 Å². The smallest absolute Gasteiger partial charge is 0.328 e. The van der Waals surface area contributed by atoms with Gasteiger partial charge in [-0.2, -0.15) is 0 Å². The Morgan fingerprint density at radius 3 is 2.36 bits per heavy atom. The van der Waals surface area contributed by atoms with Gasteiger partial charge in [-0.1, -0.05) is 22.0 Å². The lowest BCUT2D eigenvalue weighted by molar-refractivity contribution is -0.133. The highest BCUT2D eigenvalue weighted by Gasteiger charge is 2.22. The third kappa shape index (κ3) is 4.63. The van der Waals surface area contributed by atoms with Crippen LogP contribution in [-0.4, -0.2) is 29.2 Å². The van der Waals surface area contributed by atoms with Gasteiger partial charge in [-0.25, -0.2) is 4.68 Å². The molecule has 4 aromatic rings. The van der Waals surface area contributed by atoms with E-state index in [9.17, 15) is 14.4 Å². The maximum atomic E-state index is 13.2. The lowest BCUT2D eigenvalue weighted by atomic mass is 10.1. The summed E-state index contributed by atoms with van der Waals surface area (Å²) in [6.07, 6.45) is 0. The highest BCUT2D eigenvalue weighted by molar-refractivity contribution is 9.10. The molecule has 0 saturated heterocycles. The van der Waals surface area contributed by atoms with E-state index in [-0.39, 0.29) is 12.5 Å². The molecule has 3 N–H and O–H groups in total. The Bertz CT molecular complexity index is 1550. The van der Waals surface area contributed by atoms with Crippen molar-refractivity contribution in [3.8, 4) is 11.5 Å². The van der Waals surface area contributed by atoms with E-state index in [4.69, 9.17) is 9.47 Å². The molecule has 1 aliphatic heterocycles. The highest BCUT2D eigenvalue weighted by Crippen LogP contribution is 2.34. The van der Waals surface area contributed by atoms with Gasteiger partial charge in [0.25, 0.3) is 5.91 Å². The van der Waals surface area contributed by atoms with Gasteiger partial charge in [0.15, 0.2) is 11.5 Å². The SMILES string of the molecule is Cc1ccc(NC(=O)c2cc3cc(Br)ccc3n2NC(=O)C(=O)Nc2ccc3c(c2)OCO3)cc1C. The summed E-state index contributed by atoms with van der Waals surface area (Å²) in [4.78, 5) is 38.7. The highest BCUT2D eigenvalue weighted by atomic mass is 79.9. The van der Waals surface area contributed by atoms with Gasteiger partial charge >= 0.3 is 11.8 Å². The largest absolute Gasteiger partial charge is 0.454 e. The minimum absolute atomic E-state index is 0.0943. The molecule has 182 valence electrons. The fraction of sp³-hybridized carbons (Fsp3) is 0.115. The van der Waals surface area contributed by atoms with Crippen LogP contribution in [0.3, 0.4) is 0 Å². The van der Waals surface area contributed by atoms with Gasteiger partial charge in [-0.3, -0.25) is 19.8 Å². The molecular weight excluding hydrogens is 528 g/mol. The minimum atomic E-state index is -0.951. The average molecular weight is 549 g/mol. The molecule has 9 nitrogen and oxygen atoms in total. The zero-order valence-corrected chi connectivity index (χ0v) is 20.9. The van der Waals surface area contributed by atoms with Crippen molar-refractivity contribution in [1.29, 1.82) is 0 Å². The zero-order valence-electron chi connectivity index (χ0n) is 19.3. The number of carbonyl (C=O) groups is 3. The number of anilines is 2. The topological polar surface area (TPSA) is 111 Å². The van der Waals surface area contributed by atoms with Gasteiger partial charge in [0.2, 0.25) is 6.79 Å². The van der Waals surface area contributed by atoms with E-state index >= 15 is 0 Å². The van der Waals surface area contributed by atoms with Gasteiger partial charge in [0, 0.05) is 27.3 Å². The van der Waals surface area contributed by atoms with Crippen LogP contribution < -0.4 is 25.5 Å². The van der Waals surface area contributed by atoms with E-state index in [0.29, 0.717) is 33.8 Å². The third-order valence-electron chi connectivity index (χ3n) is 5.81. The van der Waals surface area contributed by atoms with Crippen molar-refractivity contribution in [2.75, 3.05) is 22.9 Å². The second kappa shape index (κ2) is 9.38. The molecule has 0 saturated carbocycles. The van der Waals surface area contributed by atoms with Crippen LogP contribution in [0.25, 0.3) is 10.9 Å². The molecule has 0 atom stereocenters. The van der Waals surface area contributed by atoms with Crippen LogP contribution in [0.5, 0.6) is 11.5 Å². The first-order valence-corrected chi connectivity index (χ1v) is 11.8. The Morgan fingerprint density at radius 2 is 1.56 bits per heavy atom. The first-order chi connectivity index (χ1) is 17.3. The van der Waals surface area contributed by atoms with Gasteiger partial charge in [0.1, 0.15) is 5.69 Å².